The van der Waals surface area contributed by atoms with Crippen molar-refractivity contribution < 1.29 is 18.9 Å². The molecule has 3 aromatic rings. The third kappa shape index (κ3) is 4.42. The van der Waals surface area contributed by atoms with Crippen LogP contribution in [0, 0.1) is 13.8 Å². The Kier molecular flexibility index (Phi) is 5.74. The van der Waals surface area contributed by atoms with Crippen LogP contribution in [0.5, 0.6) is 0 Å². The number of anilines is 4. The van der Waals surface area contributed by atoms with Crippen LogP contribution in [0.3, 0.4) is 0 Å². The Bertz CT molecular complexity index is 1330. The Hall–Kier alpha value is -4.34. The lowest BCUT2D eigenvalue weighted by molar-refractivity contribution is -0.110. The quantitative estimate of drug-likeness (QED) is 0.278. The van der Waals surface area contributed by atoms with Gasteiger partial charge in [0.25, 0.3) is 5.91 Å². The molecule has 0 saturated heterocycles. The van der Waals surface area contributed by atoms with Crippen LogP contribution in [-0.2, 0) is 15.0 Å². The number of aryl methyl sites for hydroxylation is 1. The van der Waals surface area contributed by atoms with Crippen molar-refractivity contribution in [2.24, 2.45) is 0 Å². The van der Waals surface area contributed by atoms with Crippen molar-refractivity contribution in [3.05, 3.63) is 52.5 Å². The van der Waals surface area contributed by atoms with Crippen LogP contribution in [0.25, 0.3) is 11.6 Å². The summed E-state index contributed by atoms with van der Waals surface area (Å²) >= 11 is 0. The Morgan fingerprint density at radius 1 is 1.15 bits per heavy atom. The molecule has 34 heavy (non-hydrogen) atoms. The van der Waals surface area contributed by atoms with Crippen LogP contribution in [0.15, 0.2) is 28.8 Å². The van der Waals surface area contributed by atoms with Crippen LogP contribution in [0.4, 0.5) is 27.7 Å². The van der Waals surface area contributed by atoms with Gasteiger partial charge in [-0.05, 0) is 37.6 Å². The fourth-order valence-electron chi connectivity index (χ4n) is 3.72. The summed E-state index contributed by atoms with van der Waals surface area (Å²) in [7, 11) is 0. The fraction of sp³-hybridized carbons (Fsp3) is 0.250. The van der Waals surface area contributed by atoms with Crippen LogP contribution in [-0.4, -0.2) is 28.5 Å². The molecule has 3 heterocycles. The van der Waals surface area contributed by atoms with E-state index in [9.17, 15) is 14.4 Å². The molecule has 0 bridgehead atoms. The van der Waals surface area contributed by atoms with E-state index in [1.54, 1.807) is 30.3 Å². The Balaban J connectivity index is 1.51. The summed E-state index contributed by atoms with van der Waals surface area (Å²) in [6, 6.07) is 6.35. The summed E-state index contributed by atoms with van der Waals surface area (Å²) in [5.41, 5.74) is 5.08. The maximum Gasteiger partial charge on any atom is 0.324 e. The molecule has 0 saturated carbocycles. The largest absolute Gasteiger partial charge is 0.359 e. The number of H-pyrrole nitrogens is 1. The first-order chi connectivity index (χ1) is 16.1. The van der Waals surface area contributed by atoms with Gasteiger partial charge < -0.3 is 25.5 Å². The predicted molar refractivity (Wildman–Crippen MR) is 131 cm³/mol. The molecule has 2 aromatic heterocycles. The summed E-state index contributed by atoms with van der Waals surface area (Å²) in [6.45, 7) is 9.66. The van der Waals surface area contributed by atoms with Gasteiger partial charge >= 0.3 is 6.03 Å². The number of aromatic nitrogens is 2. The molecule has 0 spiro atoms. The van der Waals surface area contributed by atoms with Crippen molar-refractivity contribution in [1.29, 1.82) is 0 Å². The number of carbonyl (C=O) groups is 3. The Labute approximate surface area is 196 Å². The zero-order chi connectivity index (χ0) is 24.6. The van der Waals surface area contributed by atoms with Gasteiger partial charge in [0.05, 0.1) is 16.9 Å². The highest BCUT2D eigenvalue weighted by atomic mass is 16.5. The highest BCUT2D eigenvalue weighted by Gasteiger charge is 2.26. The lowest BCUT2D eigenvalue weighted by Crippen LogP contribution is -2.19. The number of urea groups is 1. The maximum atomic E-state index is 12.6. The third-order valence-electron chi connectivity index (χ3n) is 5.52. The third-order valence-corrected chi connectivity index (χ3v) is 5.52. The molecule has 1 aliphatic rings. The molecule has 0 fully saturated rings. The second-order valence-electron chi connectivity index (χ2n) is 9.10. The first-order valence-corrected chi connectivity index (χ1v) is 10.7. The smallest absolute Gasteiger partial charge is 0.324 e. The van der Waals surface area contributed by atoms with Crippen molar-refractivity contribution in [1.82, 2.24) is 10.1 Å². The Morgan fingerprint density at radius 3 is 2.59 bits per heavy atom. The van der Waals surface area contributed by atoms with Gasteiger partial charge in [-0.25, -0.2) is 4.79 Å². The van der Waals surface area contributed by atoms with E-state index in [1.165, 1.54) is 0 Å². The van der Waals surface area contributed by atoms with Gasteiger partial charge in [-0.3, -0.25) is 14.9 Å². The molecule has 0 radical (unpaired) electrons. The summed E-state index contributed by atoms with van der Waals surface area (Å²) in [5, 5.41) is 14.7. The van der Waals surface area contributed by atoms with Gasteiger partial charge in [0.15, 0.2) is 5.82 Å². The zero-order valence-corrected chi connectivity index (χ0v) is 19.5. The van der Waals surface area contributed by atoms with E-state index in [2.05, 4.69) is 31.4 Å². The summed E-state index contributed by atoms with van der Waals surface area (Å²) in [6.07, 6.45) is 2.37. The predicted octanol–water partition coefficient (Wildman–Crippen LogP) is 4.62. The van der Waals surface area contributed by atoms with E-state index in [-0.39, 0.29) is 11.3 Å². The average molecular weight is 463 g/mol. The highest BCUT2D eigenvalue weighted by molar-refractivity contribution is 6.35. The lowest BCUT2D eigenvalue weighted by Gasteiger charge is -2.12. The number of rotatable bonds is 5. The highest BCUT2D eigenvalue weighted by Crippen LogP contribution is 2.36. The molecule has 10 heteroatoms. The van der Waals surface area contributed by atoms with E-state index < -0.39 is 6.03 Å². The average Bonchev–Trinajstić information content (AvgIpc) is 3.41. The minimum Gasteiger partial charge on any atom is -0.359 e. The van der Waals surface area contributed by atoms with Crippen LogP contribution in [0.2, 0.25) is 0 Å². The summed E-state index contributed by atoms with van der Waals surface area (Å²) in [4.78, 5) is 39.1. The van der Waals surface area contributed by atoms with Crippen LogP contribution in [0.1, 0.15) is 49.0 Å². The van der Waals surface area contributed by atoms with Gasteiger partial charge in [0, 0.05) is 34.1 Å². The molecule has 5 N–H and O–H groups in total. The van der Waals surface area contributed by atoms with Crippen molar-refractivity contribution in [2.75, 3.05) is 21.3 Å². The van der Waals surface area contributed by atoms with E-state index in [4.69, 9.17) is 4.52 Å². The maximum absolute atomic E-state index is 12.6. The zero-order valence-electron chi connectivity index (χ0n) is 19.5. The summed E-state index contributed by atoms with van der Waals surface area (Å²) in [5.74, 6) is 0.705. The van der Waals surface area contributed by atoms with Gasteiger partial charge in [0.1, 0.15) is 5.76 Å². The van der Waals surface area contributed by atoms with Gasteiger partial charge in [-0.2, -0.15) is 0 Å². The number of carbonyl (C=O) groups excluding carboxylic acids is 3. The normalized spacial score (nSPS) is 14.0. The standard InChI is InChI=1S/C24H26N6O4/c1-12-17(26-13(2)21(12)25-11-31)9-16-15-7-6-14(8-18(15)28-22(16)32)27-23(33)29-20-10-19(34-30-20)24(3,4)5/h6-11,26H,1-5H3,(H,25,31)(H,28,32)(H2,27,29,30,33)/b16-9-. The van der Waals surface area contributed by atoms with Crippen LogP contribution < -0.4 is 21.3 Å². The van der Waals surface area contributed by atoms with Crippen LogP contribution >= 0.6 is 0 Å². The minimum absolute atomic E-state index is 0.225. The molecule has 0 aliphatic carbocycles. The molecule has 4 amide bonds. The second-order valence-corrected chi connectivity index (χ2v) is 9.10. The summed E-state index contributed by atoms with van der Waals surface area (Å²) < 4.78 is 5.27. The Morgan fingerprint density at radius 2 is 1.91 bits per heavy atom. The topological polar surface area (TPSA) is 141 Å². The van der Waals surface area contributed by atoms with E-state index in [1.807, 2.05) is 34.6 Å². The van der Waals surface area contributed by atoms with Gasteiger partial charge in [0.2, 0.25) is 6.41 Å². The monoisotopic (exact) mass is 462 g/mol. The number of nitrogens with one attached hydrogen (secondary N) is 5. The molecule has 176 valence electrons. The molecule has 4 rings (SSSR count). The van der Waals surface area contributed by atoms with Crippen molar-refractivity contribution in [3.8, 4) is 0 Å². The van der Waals surface area contributed by atoms with E-state index in [0.717, 1.165) is 17.0 Å². The molecule has 10 nitrogen and oxygen atoms in total. The molecular weight excluding hydrogens is 436 g/mol. The fourth-order valence-corrected chi connectivity index (χ4v) is 3.72. The molecule has 1 aliphatic heterocycles. The second kappa shape index (κ2) is 8.54. The molecular formula is C24H26N6O4. The van der Waals surface area contributed by atoms with Gasteiger partial charge in [-0.15, -0.1) is 0 Å². The molecule has 0 unspecified atom stereocenters. The number of aromatic amines is 1. The number of hydrogen-bond acceptors (Lipinski definition) is 5. The van der Waals surface area contributed by atoms with Gasteiger partial charge in [-0.1, -0.05) is 32.0 Å². The first kappa shape index (κ1) is 22.8. The first-order valence-electron chi connectivity index (χ1n) is 10.7. The number of benzene rings is 1. The number of amides is 4. The van der Waals surface area contributed by atoms with Crippen molar-refractivity contribution in [2.45, 2.75) is 40.0 Å². The number of fused-ring (bicyclic) bond motifs is 1. The minimum atomic E-state index is -0.485. The molecule has 1 aromatic carbocycles. The van der Waals surface area contributed by atoms with Crippen molar-refractivity contribution >= 4 is 52.9 Å². The van der Waals surface area contributed by atoms with E-state index >= 15 is 0 Å². The van der Waals surface area contributed by atoms with E-state index in [0.29, 0.717) is 46.2 Å². The number of hydrogen-bond donors (Lipinski definition) is 5. The molecule has 0 atom stereocenters. The lowest BCUT2D eigenvalue weighted by atomic mass is 9.93. The SMILES string of the molecule is Cc1[nH]c(/C=C2\C(=O)Nc3cc(NC(=O)Nc4cc(C(C)(C)C)on4)ccc32)c(C)c1NC=O. The number of nitrogens with zero attached hydrogens (tertiary/aromatic N) is 1. The van der Waals surface area contributed by atoms with Crippen molar-refractivity contribution in [3.63, 3.8) is 0 Å².